The molecule has 1 fully saturated rings. The van der Waals surface area contributed by atoms with Gasteiger partial charge in [0.05, 0.1) is 15.9 Å². The van der Waals surface area contributed by atoms with Gasteiger partial charge in [0.25, 0.3) is 5.91 Å². The molecule has 1 heterocycles. The van der Waals surface area contributed by atoms with Gasteiger partial charge >= 0.3 is 0 Å². The van der Waals surface area contributed by atoms with Gasteiger partial charge in [-0.05, 0) is 49.9 Å². The molecule has 1 aromatic heterocycles. The van der Waals surface area contributed by atoms with Crippen LogP contribution in [-0.4, -0.2) is 11.8 Å². The van der Waals surface area contributed by atoms with Gasteiger partial charge in [0.2, 0.25) is 5.91 Å². The summed E-state index contributed by atoms with van der Waals surface area (Å²) < 4.78 is 0. The van der Waals surface area contributed by atoms with Gasteiger partial charge in [-0.25, -0.2) is 0 Å². The van der Waals surface area contributed by atoms with Gasteiger partial charge in [0, 0.05) is 5.92 Å². The van der Waals surface area contributed by atoms with Crippen LogP contribution < -0.4 is 10.6 Å². The Morgan fingerprint density at radius 1 is 1.17 bits per heavy atom. The molecule has 1 saturated carbocycles. The summed E-state index contributed by atoms with van der Waals surface area (Å²) in [6.07, 6.45) is 1.94. The Morgan fingerprint density at radius 2 is 1.91 bits per heavy atom. The predicted molar refractivity (Wildman–Crippen MR) is 92.7 cm³/mol. The lowest BCUT2D eigenvalue weighted by atomic mass is 10.0. The van der Waals surface area contributed by atoms with E-state index in [1.54, 1.807) is 12.1 Å². The fourth-order valence-electron chi connectivity index (χ4n) is 2.51. The van der Waals surface area contributed by atoms with Crippen LogP contribution in [0.1, 0.15) is 46.6 Å². The number of nitrogens with one attached hydrogen (secondary N) is 2. The van der Waals surface area contributed by atoms with Crippen LogP contribution in [0.4, 0.5) is 5.00 Å². The lowest BCUT2D eigenvalue weighted by Crippen LogP contribution is -2.26. The van der Waals surface area contributed by atoms with E-state index in [0.29, 0.717) is 4.88 Å². The minimum absolute atomic E-state index is 0.0599. The van der Waals surface area contributed by atoms with Gasteiger partial charge in [0.15, 0.2) is 0 Å². The molecule has 0 spiro atoms. The number of hydrogen-bond donors (Lipinski definition) is 2. The molecule has 0 aliphatic heterocycles. The summed E-state index contributed by atoms with van der Waals surface area (Å²) in [5.74, 6) is 0.111. The number of thiophene rings is 1. The molecule has 1 aliphatic rings. The highest BCUT2D eigenvalue weighted by atomic mass is 32.1. The van der Waals surface area contributed by atoms with Crippen molar-refractivity contribution >= 4 is 28.2 Å². The second kappa shape index (κ2) is 6.54. The zero-order valence-corrected chi connectivity index (χ0v) is 14.1. The lowest BCUT2D eigenvalue weighted by Gasteiger charge is -2.15. The molecule has 0 saturated heterocycles. The molecular weight excluding hydrogens is 308 g/mol. The molecule has 5 heteroatoms. The molecule has 0 radical (unpaired) electrons. The fourth-order valence-corrected chi connectivity index (χ4v) is 3.33. The number of benzene rings is 1. The minimum atomic E-state index is -0.113. The normalized spacial score (nSPS) is 15.0. The molecule has 0 bridgehead atoms. The zero-order chi connectivity index (χ0) is 16.4. The summed E-state index contributed by atoms with van der Waals surface area (Å²) in [6, 6.07) is 11.5. The second-order valence-corrected chi connectivity index (χ2v) is 7.06. The first kappa shape index (κ1) is 15.7. The van der Waals surface area contributed by atoms with Gasteiger partial charge in [-0.3, -0.25) is 9.59 Å². The van der Waals surface area contributed by atoms with Crippen molar-refractivity contribution in [3.63, 3.8) is 0 Å². The summed E-state index contributed by atoms with van der Waals surface area (Å²) in [4.78, 5) is 24.7. The summed E-state index contributed by atoms with van der Waals surface area (Å²) in [6.45, 7) is 4.01. The minimum Gasteiger partial charge on any atom is -0.345 e. The predicted octanol–water partition coefficient (Wildman–Crippen LogP) is 3.90. The van der Waals surface area contributed by atoms with E-state index in [2.05, 4.69) is 10.6 Å². The van der Waals surface area contributed by atoms with E-state index in [1.807, 2.05) is 38.1 Å². The standard InChI is InChI=1S/C18H20N2O2S/c1-11-5-3-4-6-14(11)12(2)19-18(22)15-9-10-16(23-15)20-17(21)13-7-8-13/h3-6,9-10,12-13H,7-8H2,1-2H3,(H,19,22)(H,20,21). The maximum atomic E-state index is 12.4. The van der Waals surface area contributed by atoms with Crippen molar-refractivity contribution in [2.45, 2.75) is 32.7 Å². The summed E-state index contributed by atoms with van der Waals surface area (Å²) >= 11 is 1.31. The molecule has 4 nitrogen and oxygen atoms in total. The topological polar surface area (TPSA) is 58.2 Å². The van der Waals surface area contributed by atoms with Crippen LogP contribution in [0.15, 0.2) is 36.4 Å². The van der Waals surface area contributed by atoms with E-state index in [1.165, 1.54) is 11.3 Å². The van der Waals surface area contributed by atoms with Gasteiger partial charge in [-0.1, -0.05) is 24.3 Å². The smallest absolute Gasteiger partial charge is 0.261 e. The van der Waals surface area contributed by atoms with Crippen molar-refractivity contribution < 1.29 is 9.59 Å². The molecule has 2 N–H and O–H groups in total. The highest BCUT2D eigenvalue weighted by molar-refractivity contribution is 7.18. The Bertz CT molecular complexity index is 734. The molecule has 2 amide bonds. The number of hydrogen-bond acceptors (Lipinski definition) is 3. The molecule has 1 unspecified atom stereocenters. The van der Waals surface area contributed by atoms with Gasteiger partial charge in [-0.15, -0.1) is 11.3 Å². The van der Waals surface area contributed by atoms with Crippen LogP contribution in [0, 0.1) is 12.8 Å². The molecule has 120 valence electrons. The van der Waals surface area contributed by atoms with E-state index in [9.17, 15) is 9.59 Å². The van der Waals surface area contributed by atoms with Crippen molar-refractivity contribution in [1.82, 2.24) is 5.32 Å². The average Bonchev–Trinajstić information content (AvgIpc) is 3.28. The van der Waals surface area contributed by atoms with Crippen LogP contribution in [0.2, 0.25) is 0 Å². The van der Waals surface area contributed by atoms with Crippen LogP contribution in [-0.2, 0) is 4.79 Å². The number of amides is 2. The van der Waals surface area contributed by atoms with E-state index < -0.39 is 0 Å². The Morgan fingerprint density at radius 3 is 2.61 bits per heavy atom. The maximum Gasteiger partial charge on any atom is 0.261 e. The lowest BCUT2D eigenvalue weighted by molar-refractivity contribution is -0.117. The third kappa shape index (κ3) is 3.79. The highest BCUT2D eigenvalue weighted by Gasteiger charge is 2.29. The molecular formula is C18H20N2O2S. The SMILES string of the molecule is Cc1ccccc1C(C)NC(=O)c1ccc(NC(=O)C2CC2)s1. The first-order valence-corrected chi connectivity index (χ1v) is 8.63. The Balaban J connectivity index is 1.63. The number of aryl methyl sites for hydroxylation is 1. The number of anilines is 1. The largest absolute Gasteiger partial charge is 0.345 e. The van der Waals surface area contributed by atoms with Crippen molar-refractivity contribution in [2.75, 3.05) is 5.32 Å². The highest BCUT2D eigenvalue weighted by Crippen LogP contribution is 2.31. The number of carbonyl (C=O) groups is 2. The Hall–Kier alpha value is -2.14. The fraction of sp³-hybridized carbons (Fsp3) is 0.333. The van der Waals surface area contributed by atoms with Crippen molar-refractivity contribution in [1.29, 1.82) is 0 Å². The third-order valence-electron chi connectivity index (χ3n) is 4.03. The molecule has 3 rings (SSSR count). The number of carbonyl (C=O) groups excluding carboxylic acids is 2. The van der Waals surface area contributed by atoms with Gasteiger partial charge in [0.1, 0.15) is 0 Å². The van der Waals surface area contributed by atoms with Crippen LogP contribution in [0.3, 0.4) is 0 Å². The molecule has 1 aliphatic carbocycles. The second-order valence-electron chi connectivity index (χ2n) is 5.98. The molecule has 23 heavy (non-hydrogen) atoms. The average molecular weight is 328 g/mol. The van der Waals surface area contributed by atoms with Gasteiger partial charge in [-0.2, -0.15) is 0 Å². The first-order chi connectivity index (χ1) is 11.0. The summed E-state index contributed by atoms with van der Waals surface area (Å²) in [7, 11) is 0. The van der Waals surface area contributed by atoms with Crippen LogP contribution in [0.5, 0.6) is 0 Å². The van der Waals surface area contributed by atoms with Crippen LogP contribution >= 0.6 is 11.3 Å². The van der Waals surface area contributed by atoms with E-state index in [-0.39, 0.29) is 23.8 Å². The molecule has 2 aromatic rings. The summed E-state index contributed by atoms with van der Waals surface area (Å²) in [5.41, 5.74) is 2.27. The van der Waals surface area contributed by atoms with Crippen molar-refractivity contribution in [3.05, 3.63) is 52.4 Å². The van der Waals surface area contributed by atoms with E-state index >= 15 is 0 Å². The Kier molecular flexibility index (Phi) is 4.48. The summed E-state index contributed by atoms with van der Waals surface area (Å²) in [5, 5.41) is 6.62. The monoisotopic (exact) mass is 328 g/mol. The third-order valence-corrected chi connectivity index (χ3v) is 5.03. The quantitative estimate of drug-likeness (QED) is 0.874. The number of rotatable bonds is 5. The van der Waals surface area contributed by atoms with Crippen molar-refractivity contribution in [2.24, 2.45) is 5.92 Å². The molecule has 1 atom stereocenters. The zero-order valence-electron chi connectivity index (χ0n) is 13.3. The first-order valence-electron chi connectivity index (χ1n) is 7.81. The van der Waals surface area contributed by atoms with Crippen LogP contribution in [0.25, 0.3) is 0 Å². The maximum absolute atomic E-state index is 12.4. The van der Waals surface area contributed by atoms with E-state index in [4.69, 9.17) is 0 Å². The Labute approximate surface area is 139 Å². The van der Waals surface area contributed by atoms with Crippen molar-refractivity contribution in [3.8, 4) is 0 Å². The van der Waals surface area contributed by atoms with Gasteiger partial charge < -0.3 is 10.6 Å². The molecule has 1 aromatic carbocycles. The van der Waals surface area contributed by atoms with E-state index in [0.717, 1.165) is 29.0 Å².